The summed E-state index contributed by atoms with van der Waals surface area (Å²) in [5.74, 6) is 1.68. The van der Waals surface area contributed by atoms with E-state index >= 15 is 0 Å². The quantitative estimate of drug-likeness (QED) is 0.792. The van der Waals surface area contributed by atoms with Crippen LogP contribution in [0.3, 0.4) is 0 Å². The van der Waals surface area contributed by atoms with Gasteiger partial charge in [0.15, 0.2) is 16.6 Å². The number of carbonyl (C=O) groups excluding carboxylic acids is 1. The maximum absolute atomic E-state index is 12.4. The second-order valence-corrected chi connectivity index (χ2v) is 7.05. The van der Waals surface area contributed by atoms with Gasteiger partial charge in [-0.2, -0.15) is 0 Å². The Labute approximate surface area is 158 Å². The third-order valence-corrected chi connectivity index (χ3v) is 5.37. The molecule has 1 unspecified atom stereocenters. The van der Waals surface area contributed by atoms with Crippen LogP contribution in [0.2, 0.25) is 0 Å². The van der Waals surface area contributed by atoms with Crippen molar-refractivity contribution in [2.45, 2.75) is 25.5 Å². The van der Waals surface area contributed by atoms with Crippen molar-refractivity contribution in [1.82, 2.24) is 15.1 Å². The fraction of sp³-hybridized carbons (Fsp3) is 0.556. The van der Waals surface area contributed by atoms with Crippen molar-refractivity contribution >= 4 is 23.2 Å². The maximum atomic E-state index is 12.4. The van der Waals surface area contributed by atoms with E-state index in [0.717, 1.165) is 43.0 Å². The summed E-state index contributed by atoms with van der Waals surface area (Å²) in [6.07, 6.45) is 1.58. The average Bonchev–Trinajstić information content (AvgIpc) is 3.37. The number of carbonyl (C=O) groups is 1. The number of hydrogen-bond donors (Lipinski definition) is 1. The monoisotopic (exact) mass is 377 g/mol. The molecule has 1 N–H and O–H groups in total. The van der Waals surface area contributed by atoms with Crippen molar-refractivity contribution in [3.05, 3.63) is 23.8 Å². The molecule has 3 aliphatic rings. The number of ether oxygens (including phenoxy) is 3. The molecule has 1 amide bonds. The first-order valence-corrected chi connectivity index (χ1v) is 9.43. The minimum absolute atomic E-state index is 0.126. The van der Waals surface area contributed by atoms with Gasteiger partial charge >= 0.3 is 0 Å². The van der Waals surface area contributed by atoms with E-state index in [0.29, 0.717) is 31.4 Å². The van der Waals surface area contributed by atoms with E-state index in [-0.39, 0.29) is 18.8 Å². The first kappa shape index (κ1) is 17.4. The van der Waals surface area contributed by atoms with Crippen LogP contribution in [0.4, 0.5) is 0 Å². The van der Waals surface area contributed by atoms with Crippen molar-refractivity contribution in [3.8, 4) is 11.5 Å². The third-order valence-electron chi connectivity index (χ3n) is 4.96. The van der Waals surface area contributed by atoms with Crippen LogP contribution >= 0.6 is 12.2 Å². The molecule has 1 aromatic rings. The summed E-state index contributed by atoms with van der Waals surface area (Å²) in [6, 6.07) is 5.88. The van der Waals surface area contributed by atoms with Gasteiger partial charge in [-0.3, -0.25) is 4.79 Å². The molecule has 140 valence electrons. The van der Waals surface area contributed by atoms with E-state index in [1.54, 1.807) is 0 Å². The van der Waals surface area contributed by atoms with E-state index in [1.807, 2.05) is 23.1 Å². The average molecular weight is 377 g/mol. The molecule has 1 aromatic carbocycles. The zero-order valence-electron chi connectivity index (χ0n) is 14.6. The summed E-state index contributed by atoms with van der Waals surface area (Å²) < 4.78 is 16.2. The van der Waals surface area contributed by atoms with Gasteiger partial charge in [-0.25, -0.2) is 0 Å². The Balaban J connectivity index is 1.24. The number of nitrogens with one attached hydrogen (secondary N) is 1. The Kier molecular flexibility index (Phi) is 5.12. The van der Waals surface area contributed by atoms with Crippen LogP contribution in [0.15, 0.2) is 18.2 Å². The zero-order chi connectivity index (χ0) is 17.9. The van der Waals surface area contributed by atoms with E-state index in [9.17, 15) is 4.79 Å². The van der Waals surface area contributed by atoms with E-state index in [2.05, 4.69) is 10.2 Å². The molecular formula is C18H23N3O4S. The maximum Gasteiger partial charge on any atom is 0.251 e. The van der Waals surface area contributed by atoms with Crippen LogP contribution in [0, 0.1) is 0 Å². The molecule has 4 rings (SSSR count). The summed E-state index contributed by atoms with van der Waals surface area (Å²) in [6.45, 7) is 4.46. The molecule has 0 aliphatic carbocycles. The first-order valence-electron chi connectivity index (χ1n) is 9.02. The number of piperazine rings is 1. The number of benzene rings is 1. The van der Waals surface area contributed by atoms with E-state index < -0.39 is 0 Å². The van der Waals surface area contributed by atoms with Gasteiger partial charge in [-0.05, 0) is 42.8 Å². The lowest BCUT2D eigenvalue weighted by molar-refractivity contribution is -0.142. The number of nitrogens with zero attached hydrogens (tertiary/aromatic N) is 2. The van der Waals surface area contributed by atoms with Crippen molar-refractivity contribution in [2.75, 3.05) is 39.6 Å². The molecule has 3 aliphatic heterocycles. The van der Waals surface area contributed by atoms with Crippen molar-refractivity contribution < 1.29 is 19.0 Å². The molecule has 1 atom stereocenters. The molecule has 7 nitrogen and oxygen atoms in total. The normalized spacial score (nSPS) is 21.8. The van der Waals surface area contributed by atoms with Crippen molar-refractivity contribution in [3.63, 3.8) is 0 Å². The van der Waals surface area contributed by atoms with Gasteiger partial charge in [-0.15, -0.1) is 0 Å². The molecule has 2 saturated heterocycles. The highest BCUT2D eigenvalue weighted by Gasteiger charge is 2.30. The molecule has 26 heavy (non-hydrogen) atoms. The van der Waals surface area contributed by atoms with Crippen LogP contribution in [0.25, 0.3) is 0 Å². The Bertz CT molecular complexity index is 685. The fourth-order valence-corrected chi connectivity index (χ4v) is 3.70. The molecule has 0 bridgehead atoms. The largest absolute Gasteiger partial charge is 0.454 e. The predicted molar refractivity (Wildman–Crippen MR) is 99.1 cm³/mol. The highest BCUT2D eigenvalue weighted by atomic mass is 32.1. The number of rotatable bonds is 3. The van der Waals surface area contributed by atoms with Gasteiger partial charge in [0.05, 0.1) is 0 Å². The van der Waals surface area contributed by atoms with Gasteiger partial charge in [0.1, 0.15) is 6.10 Å². The van der Waals surface area contributed by atoms with Gasteiger partial charge < -0.3 is 29.3 Å². The topological polar surface area (TPSA) is 63.3 Å². The van der Waals surface area contributed by atoms with Crippen LogP contribution in [-0.2, 0) is 16.1 Å². The highest BCUT2D eigenvalue weighted by Crippen LogP contribution is 2.32. The molecule has 0 saturated carbocycles. The lowest BCUT2D eigenvalue weighted by atomic mass is 10.2. The molecule has 3 heterocycles. The fourth-order valence-electron chi connectivity index (χ4n) is 3.45. The van der Waals surface area contributed by atoms with E-state index in [1.165, 1.54) is 0 Å². The van der Waals surface area contributed by atoms with Crippen molar-refractivity contribution in [1.29, 1.82) is 0 Å². The first-order chi connectivity index (χ1) is 12.7. The second kappa shape index (κ2) is 7.67. The molecule has 8 heteroatoms. The number of hydrogen-bond acceptors (Lipinski definition) is 5. The van der Waals surface area contributed by atoms with Gasteiger partial charge in [-0.1, -0.05) is 6.07 Å². The lowest BCUT2D eigenvalue weighted by Crippen LogP contribution is -2.54. The molecule has 0 spiro atoms. The summed E-state index contributed by atoms with van der Waals surface area (Å²) in [5, 5.41) is 4.01. The smallest absolute Gasteiger partial charge is 0.251 e. The Morgan fingerprint density at radius 3 is 2.69 bits per heavy atom. The highest BCUT2D eigenvalue weighted by molar-refractivity contribution is 7.80. The Morgan fingerprint density at radius 2 is 1.92 bits per heavy atom. The Hall–Kier alpha value is -2.06. The summed E-state index contributed by atoms with van der Waals surface area (Å²) in [5.41, 5.74) is 1.09. The van der Waals surface area contributed by atoms with Gasteiger partial charge in [0.2, 0.25) is 6.79 Å². The van der Waals surface area contributed by atoms with Crippen LogP contribution in [0.5, 0.6) is 11.5 Å². The van der Waals surface area contributed by atoms with Crippen LogP contribution in [0.1, 0.15) is 18.4 Å². The molecule has 0 radical (unpaired) electrons. The zero-order valence-corrected chi connectivity index (χ0v) is 15.4. The van der Waals surface area contributed by atoms with Gasteiger partial charge in [0.25, 0.3) is 5.91 Å². The summed E-state index contributed by atoms with van der Waals surface area (Å²) in [7, 11) is 0. The molecule has 0 aromatic heterocycles. The van der Waals surface area contributed by atoms with Crippen molar-refractivity contribution in [2.24, 2.45) is 0 Å². The standard InChI is InChI=1S/C18H23N3O4S/c22-17(15-2-1-9-23-15)20-5-7-21(8-6-20)18(26)19-11-13-3-4-14-16(10-13)25-12-24-14/h3-4,10,15H,1-2,5-9,11-12H2,(H,19,26). The van der Waals surface area contributed by atoms with Crippen LogP contribution < -0.4 is 14.8 Å². The minimum Gasteiger partial charge on any atom is -0.454 e. The third kappa shape index (κ3) is 3.71. The van der Waals surface area contributed by atoms with Crippen LogP contribution in [-0.4, -0.2) is 66.5 Å². The SMILES string of the molecule is O=C(C1CCCO1)N1CCN(C(=S)NCc2ccc3c(c2)OCO3)CC1. The molecular weight excluding hydrogens is 354 g/mol. The number of thiocarbonyl (C=S) groups is 1. The summed E-state index contributed by atoms with van der Waals surface area (Å²) in [4.78, 5) is 16.4. The van der Waals surface area contributed by atoms with Gasteiger partial charge in [0, 0.05) is 39.3 Å². The number of amides is 1. The number of fused-ring (bicyclic) bond motifs is 1. The Morgan fingerprint density at radius 1 is 1.15 bits per heavy atom. The minimum atomic E-state index is -0.238. The molecule has 2 fully saturated rings. The predicted octanol–water partition coefficient (Wildman–Crippen LogP) is 1.11. The lowest BCUT2D eigenvalue weighted by Gasteiger charge is -2.37. The van der Waals surface area contributed by atoms with E-state index in [4.69, 9.17) is 26.4 Å². The summed E-state index contributed by atoms with van der Waals surface area (Å²) >= 11 is 5.51. The second-order valence-electron chi connectivity index (χ2n) is 6.66.